The number of nitrogens with one attached hydrogen (secondary N) is 1. The number of amides is 1. The van der Waals surface area contributed by atoms with E-state index in [0.717, 1.165) is 19.3 Å². The van der Waals surface area contributed by atoms with Crippen LogP contribution in [0.1, 0.15) is 112 Å². The van der Waals surface area contributed by atoms with E-state index >= 15 is 0 Å². The average Bonchev–Trinajstić information content (AvgIpc) is 3.33. The predicted molar refractivity (Wildman–Crippen MR) is 179 cm³/mol. The van der Waals surface area contributed by atoms with Crippen LogP contribution in [0, 0.1) is 89.6 Å². The number of aliphatic hydroxyl groups is 4. The van der Waals surface area contributed by atoms with Crippen molar-refractivity contribution in [1.82, 2.24) is 5.32 Å². The number of fused-ring (bicyclic) bond motifs is 5. The molecule has 5 N–H and O–H groups in total. The number of rotatable bonds is 11. The van der Waals surface area contributed by atoms with E-state index in [2.05, 4.69) is 59.0 Å². The molecule has 0 aromatic carbocycles. The van der Waals surface area contributed by atoms with Crippen molar-refractivity contribution in [2.24, 2.45) is 34.0 Å². The van der Waals surface area contributed by atoms with Crippen molar-refractivity contribution in [1.29, 1.82) is 0 Å². The van der Waals surface area contributed by atoms with Gasteiger partial charge in [0.1, 0.15) is 11.6 Å². The third kappa shape index (κ3) is 8.61. The van der Waals surface area contributed by atoms with Gasteiger partial charge in [0.05, 0.1) is 25.4 Å². The summed E-state index contributed by atoms with van der Waals surface area (Å²) in [5.41, 5.74) is -2.49. The largest absolute Gasteiger partial charge is 0.462 e. The molecule has 0 aliphatic heterocycles. The maximum Gasteiger partial charge on any atom is 0.306 e. The fourth-order valence-electron chi connectivity index (χ4n) is 9.38. The Morgan fingerprint density at radius 3 is 2.20 bits per heavy atom. The first-order valence-electron chi connectivity index (χ1n) is 17.0. The quantitative estimate of drug-likeness (QED) is 0.107. The number of carbonyl (C=O) groups is 2. The number of hydrogen-bond acceptors (Lipinski definition) is 7. The van der Waals surface area contributed by atoms with E-state index < -0.39 is 42.8 Å². The molecule has 0 aromatic heterocycles. The van der Waals surface area contributed by atoms with Gasteiger partial charge in [-0.3, -0.25) is 9.59 Å². The number of aliphatic hydroxyl groups excluding tert-OH is 3. The summed E-state index contributed by atoms with van der Waals surface area (Å²) in [7, 11) is 0. The van der Waals surface area contributed by atoms with Crippen LogP contribution in [0.2, 0.25) is 0 Å². The molecule has 8 atom stereocenters. The Balaban J connectivity index is 0.00000203. The zero-order valence-corrected chi connectivity index (χ0v) is 33.2. The van der Waals surface area contributed by atoms with Crippen LogP contribution in [0.15, 0.2) is 24.3 Å². The SMILES string of the molecule is CCC.[CH2-]/C=C/CC1CCC2C1(C)CCC1C3(C)CCC(OC(=O)CCCC(=O)NC(CO)(CO)CO)C[C@]3(O)C=C[C@]21C.[CH3-].[Pr]. The topological polar surface area (TPSA) is 136 Å². The third-order valence-electron chi connectivity index (χ3n) is 12.0. The molecule has 0 spiro atoms. The van der Waals surface area contributed by atoms with Gasteiger partial charge in [0, 0.05) is 66.0 Å². The molecule has 6 unspecified atom stereocenters. The minimum Gasteiger partial charge on any atom is -0.462 e. The van der Waals surface area contributed by atoms with E-state index in [9.17, 15) is 30.0 Å². The molecule has 3 saturated carbocycles. The Morgan fingerprint density at radius 2 is 1.61 bits per heavy atom. The van der Waals surface area contributed by atoms with Gasteiger partial charge >= 0.3 is 5.97 Å². The molecule has 4 rings (SSSR count). The van der Waals surface area contributed by atoms with Crippen molar-refractivity contribution in [3.8, 4) is 0 Å². The summed E-state index contributed by atoms with van der Waals surface area (Å²) in [5, 5.41) is 42.6. The molecule has 9 heteroatoms. The first kappa shape index (κ1) is 43.5. The van der Waals surface area contributed by atoms with E-state index in [1.807, 2.05) is 12.2 Å². The second kappa shape index (κ2) is 17.9. The standard InChI is InChI=1S/C33H52NO7.C3H8.CH3.Pr/c1-5-6-8-23-11-12-25-29(23,2)15-14-26-30(25,3)17-18-33(40)19-24(13-16-31(26,33)4)41-28(39)10-7-9-27(38)34-32(20-35,21-36)22-37;1-3-2;;/h5-6,17-18,23-26,35-37,40H,1,7-16,19-22H2,2-4H3,(H,34,38);3H2,1-2H3;1H3;/q-1;;-1;/b6-5+;;;/t23?,24?,25?,26?,29?,30-,31?,33-;;;/m1.../s1. The number of allylic oxidation sites excluding steroid dienone is 3. The van der Waals surface area contributed by atoms with E-state index in [0.29, 0.717) is 36.0 Å². The molecule has 4 aliphatic carbocycles. The summed E-state index contributed by atoms with van der Waals surface area (Å²) in [4.78, 5) is 24.8. The van der Waals surface area contributed by atoms with Crippen molar-refractivity contribution < 1.29 is 76.0 Å². The molecular weight excluding hydrogens is 711 g/mol. The van der Waals surface area contributed by atoms with E-state index in [-0.39, 0.29) is 84.9 Å². The summed E-state index contributed by atoms with van der Waals surface area (Å²) in [6, 6.07) is 0. The smallest absolute Gasteiger partial charge is 0.306 e. The third-order valence-corrected chi connectivity index (χ3v) is 12.0. The van der Waals surface area contributed by atoms with Crippen LogP contribution in [-0.2, 0) is 14.3 Å². The van der Waals surface area contributed by atoms with E-state index in [1.165, 1.54) is 25.7 Å². The number of hydrogen-bond donors (Lipinski definition) is 5. The Hall–Kier alpha value is -0.506. The molecular formula is C37H63NO7Pr-2. The van der Waals surface area contributed by atoms with Crippen LogP contribution in [0.3, 0.4) is 0 Å². The molecule has 4 aliphatic rings. The maximum absolute atomic E-state index is 12.7. The zero-order valence-electron chi connectivity index (χ0n) is 29.5. The van der Waals surface area contributed by atoms with Crippen molar-refractivity contribution in [3.05, 3.63) is 38.7 Å². The van der Waals surface area contributed by atoms with Crippen molar-refractivity contribution in [2.75, 3.05) is 19.8 Å². The monoisotopic (exact) mass is 774 g/mol. The molecule has 0 bridgehead atoms. The Kier molecular flexibility index (Phi) is 17.0. The van der Waals surface area contributed by atoms with Gasteiger partial charge in [0.15, 0.2) is 0 Å². The Bertz CT molecular complexity index is 1040. The molecule has 0 aromatic rings. The van der Waals surface area contributed by atoms with Gasteiger partial charge in [0.2, 0.25) is 5.91 Å². The van der Waals surface area contributed by atoms with Crippen LogP contribution in [0.4, 0.5) is 0 Å². The van der Waals surface area contributed by atoms with Crippen LogP contribution < -0.4 is 5.32 Å². The minimum atomic E-state index is -1.48. The summed E-state index contributed by atoms with van der Waals surface area (Å²) in [6.45, 7) is 13.5. The molecule has 1 radical (unpaired) electrons. The second-order valence-electron chi connectivity index (χ2n) is 14.9. The maximum atomic E-state index is 12.7. The van der Waals surface area contributed by atoms with Crippen molar-refractivity contribution in [2.45, 2.75) is 129 Å². The molecule has 8 nitrogen and oxygen atoms in total. The first-order chi connectivity index (χ1) is 20.8. The van der Waals surface area contributed by atoms with Crippen LogP contribution >= 0.6 is 0 Å². The normalized spacial score (nSPS) is 36.1. The van der Waals surface area contributed by atoms with Crippen molar-refractivity contribution >= 4 is 11.9 Å². The summed E-state index contributed by atoms with van der Waals surface area (Å²) in [6.07, 6.45) is 17.3. The second-order valence-corrected chi connectivity index (χ2v) is 14.9. The molecule has 3 fully saturated rings. The van der Waals surface area contributed by atoms with Gasteiger partial charge in [-0.05, 0) is 67.1 Å². The molecule has 1 amide bonds. The van der Waals surface area contributed by atoms with E-state index in [4.69, 9.17) is 4.74 Å². The molecule has 0 saturated heterocycles. The summed E-state index contributed by atoms with van der Waals surface area (Å²) in [5.74, 6) is 0.750. The van der Waals surface area contributed by atoms with Gasteiger partial charge < -0.3 is 37.9 Å². The van der Waals surface area contributed by atoms with Gasteiger partial charge in [-0.1, -0.05) is 66.0 Å². The van der Waals surface area contributed by atoms with Gasteiger partial charge in [-0.15, -0.1) is 0 Å². The average molecular weight is 775 g/mol. The Labute approximate surface area is 312 Å². The molecule has 46 heavy (non-hydrogen) atoms. The summed E-state index contributed by atoms with van der Waals surface area (Å²) < 4.78 is 5.80. The van der Waals surface area contributed by atoms with Gasteiger partial charge in [-0.25, -0.2) is 19.1 Å². The molecule has 263 valence electrons. The van der Waals surface area contributed by atoms with E-state index in [1.54, 1.807) is 0 Å². The van der Waals surface area contributed by atoms with Gasteiger partial charge in [0.25, 0.3) is 0 Å². The fourth-order valence-corrected chi connectivity index (χ4v) is 9.38. The summed E-state index contributed by atoms with van der Waals surface area (Å²) >= 11 is 0. The minimum absolute atomic E-state index is 0. The first-order valence-corrected chi connectivity index (χ1v) is 17.0. The predicted octanol–water partition coefficient (Wildman–Crippen LogP) is 5.49. The molecule has 0 heterocycles. The Morgan fingerprint density at radius 1 is 0.978 bits per heavy atom. The van der Waals surface area contributed by atoms with Crippen LogP contribution in [0.25, 0.3) is 0 Å². The number of ether oxygens (including phenoxy) is 1. The van der Waals surface area contributed by atoms with Crippen LogP contribution in [0.5, 0.6) is 0 Å². The zero-order chi connectivity index (χ0) is 32.8. The number of carbonyl (C=O) groups excluding carboxylic acids is 2. The number of esters is 1. The fraction of sp³-hybridized carbons (Fsp3) is 0.784. The van der Waals surface area contributed by atoms with Gasteiger partial charge in [-0.2, -0.15) is 0 Å². The van der Waals surface area contributed by atoms with Crippen LogP contribution in [-0.4, -0.2) is 69.4 Å². The van der Waals surface area contributed by atoms with Crippen molar-refractivity contribution in [3.63, 3.8) is 0 Å².